The van der Waals surface area contributed by atoms with Crippen molar-refractivity contribution in [1.82, 2.24) is 14.8 Å². The third-order valence-electron chi connectivity index (χ3n) is 3.02. The van der Waals surface area contributed by atoms with Crippen molar-refractivity contribution in [3.8, 4) is 0 Å². The lowest BCUT2D eigenvalue weighted by atomic mass is 10.2. The fourth-order valence-corrected chi connectivity index (χ4v) is 2.03. The van der Waals surface area contributed by atoms with E-state index in [9.17, 15) is 18.0 Å². The fourth-order valence-electron chi connectivity index (χ4n) is 2.03. The molecule has 0 N–H and O–H groups in total. The zero-order valence-corrected chi connectivity index (χ0v) is 12.7. The molecule has 0 saturated carbocycles. The summed E-state index contributed by atoms with van der Waals surface area (Å²) in [6.07, 6.45) is -1.06. The lowest BCUT2D eigenvalue weighted by molar-refractivity contribution is -0.168. The van der Waals surface area contributed by atoms with Crippen molar-refractivity contribution < 1.29 is 18.0 Å². The quantitative estimate of drug-likeness (QED) is 0.786. The topological polar surface area (TPSA) is 47.8 Å². The first-order valence-electron chi connectivity index (χ1n) is 7.40. The molecule has 1 aliphatic heterocycles. The van der Waals surface area contributed by atoms with Crippen LogP contribution in [-0.2, 0) is 6.42 Å². The van der Waals surface area contributed by atoms with Crippen LogP contribution in [0.2, 0.25) is 0 Å². The van der Waals surface area contributed by atoms with E-state index in [0.717, 1.165) is 11.1 Å². The Bertz CT molecular complexity index is 469. The van der Waals surface area contributed by atoms with Crippen molar-refractivity contribution in [3.63, 3.8) is 0 Å². The molecule has 0 fully saturated rings. The number of unbranched alkanes of at least 4 members (excludes halogenated alkanes) is 1. The maximum atomic E-state index is 12.7. The maximum absolute atomic E-state index is 12.7. The highest BCUT2D eigenvalue weighted by Gasteiger charge is 2.46. The second-order valence-electron chi connectivity index (χ2n) is 5.13. The first kappa shape index (κ1) is 17.7. The normalized spacial score (nSPS) is 17.1. The van der Waals surface area contributed by atoms with Gasteiger partial charge in [-0.25, -0.2) is 9.67 Å². The van der Waals surface area contributed by atoms with Gasteiger partial charge >= 0.3 is 6.18 Å². The van der Waals surface area contributed by atoms with Gasteiger partial charge in [0.25, 0.3) is 0 Å². The van der Waals surface area contributed by atoms with E-state index < -0.39 is 12.2 Å². The van der Waals surface area contributed by atoms with Gasteiger partial charge in [0.15, 0.2) is 0 Å². The van der Waals surface area contributed by atoms with Crippen LogP contribution in [0.4, 0.5) is 13.2 Å². The summed E-state index contributed by atoms with van der Waals surface area (Å²) in [5.74, 6) is -0.0933. The van der Waals surface area contributed by atoms with E-state index in [1.165, 1.54) is 6.42 Å². The maximum Gasteiger partial charge on any atom is 0.410 e. The Morgan fingerprint density at radius 3 is 2.48 bits per heavy atom. The molecule has 1 atom stereocenters. The Hall–Kier alpha value is -1.40. The molecule has 1 aliphatic rings. The van der Waals surface area contributed by atoms with Crippen LogP contribution in [-0.4, -0.2) is 26.7 Å². The Kier molecular flexibility index (Phi) is 6.36. The number of carbonyl (C=O) groups excluding carboxylic acids is 1. The molecule has 0 radical (unpaired) electrons. The van der Waals surface area contributed by atoms with Crippen LogP contribution in [0.5, 0.6) is 0 Å². The highest BCUT2D eigenvalue weighted by molar-refractivity contribution is 5.92. The van der Waals surface area contributed by atoms with Gasteiger partial charge in [-0.05, 0) is 12.8 Å². The molecule has 0 saturated heterocycles. The number of alkyl halides is 3. The highest BCUT2D eigenvalue weighted by atomic mass is 19.4. The number of hydrogen-bond donors (Lipinski definition) is 0. The van der Waals surface area contributed by atoms with E-state index in [2.05, 4.69) is 23.9 Å². The van der Waals surface area contributed by atoms with Gasteiger partial charge in [-0.2, -0.15) is 13.2 Å². The monoisotopic (exact) mass is 305 g/mol. The van der Waals surface area contributed by atoms with Gasteiger partial charge in [0, 0.05) is 12.8 Å². The minimum Gasteiger partial charge on any atom is -0.291 e. The van der Waals surface area contributed by atoms with Gasteiger partial charge in [0.2, 0.25) is 11.6 Å². The van der Waals surface area contributed by atoms with Gasteiger partial charge in [0.1, 0.15) is 11.9 Å². The van der Waals surface area contributed by atoms with Crippen molar-refractivity contribution >= 4 is 5.78 Å². The minimum atomic E-state index is -4.33. The predicted octanol–water partition coefficient (Wildman–Crippen LogP) is 4.12. The van der Waals surface area contributed by atoms with Gasteiger partial charge in [-0.15, -0.1) is 5.10 Å². The molecule has 7 heteroatoms. The number of carbonyl (C=O) groups is 1. The number of Topliss-reactive ketones (excluding diaryl/α,β-unsaturated/α-hetero) is 1. The van der Waals surface area contributed by atoms with E-state index in [0.29, 0.717) is 6.42 Å². The van der Waals surface area contributed by atoms with Crippen LogP contribution in [0.15, 0.2) is 0 Å². The summed E-state index contributed by atoms with van der Waals surface area (Å²) in [6, 6.07) is -1.63. The van der Waals surface area contributed by atoms with Crippen molar-refractivity contribution in [2.24, 2.45) is 0 Å². The molecule has 0 spiro atoms. The Balaban J connectivity index is 0.000000677. The number of aromatic nitrogens is 3. The van der Waals surface area contributed by atoms with Crippen LogP contribution in [0.3, 0.4) is 0 Å². The van der Waals surface area contributed by atoms with Gasteiger partial charge in [-0.3, -0.25) is 4.79 Å². The molecule has 0 bridgehead atoms. The Morgan fingerprint density at radius 1 is 1.33 bits per heavy atom. The summed E-state index contributed by atoms with van der Waals surface area (Å²) < 4.78 is 38.9. The number of ketones is 1. The summed E-state index contributed by atoms with van der Waals surface area (Å²) in [5, 5.41) is 3.73. The molecule has 2 rings (SSSR count). The number of fused-ring (bicyclic) bond motifs is 1. The average molecular weight is 305 g/mol. The predicted molar refractivity (Wildman–Crippen MR) is 73.3 cm³/mol. The zero-order chi connectivity index (χ0) is 16.0. The molecule has 1 aromatic rings. The van der Waals surface area contributed by atoms with Crippen LogP contribution >= 0.6 is 0 Å². The van der Waals surface area contributed by atoms with Gasteiger partial charge in [0.05, 0.1) is 0 Å². The third kappa shape index (κ3) is 4.54. The molecule has 21 heavy (non-hydrogen) atoms. The molecule has 0 amide bonds. The average Bonchev–Trinajstić information content (AvgIpc) is 2.94. The van der Waals surface area contributed by atoms with E-state index >= 15 is 0 Å². The Morgan fingerprint density at radius 2 is 1.95 bits per heavy atom. The number of nitrogens with zero attached hydrogens (tertiary/aromatic N) is 3. The van der Waals surface area contributed by atoms with E-state index in [1.807, 2.05) is 6.92 Å². The summed E-state index contributed by atoms with van der Waals surface area (Å²) in [5.41, 5.74) is 0. The van der Waals surface area contributed by atoms with Crippen molar-refractivity contribution in [2.75, 3.05) is 0 Å². The molecule has 1 unspecified atom stereocenters. The van der Waals surface area contributed by atoms with E-state index in [4.69, 9.17) is 0 Å². The van der Waals surface area contributed by atoms with Crippen LogP contribution in [0.1, 0.15) is 75.4 Å². The SMILES string of the molecule is CCC.CCCCC(=O)c1nc2n(n1)C(C(F)(F)F)CC2. The lowest BCUT2D eigenvalue weighted by Gasteiger charge is -2.14. The van der Waals surface area contributed by atoms with Crippen LogP contribution in [0, 0.1) is 0 Å². The second-order valence-corrected chi connectivity index (χ2v) is 5.13. The molecular formula is C14H22F3N3O. The number of halogens is 3. The standard InChI is InChI=1S/C11H14F3N3O.C3H8/c1-2-3-4-7(18)10-15-9-6-5-8(11(12,13)14)17(9)16-10;1-3-2/h8H,2-6H2,1H3;3H2,1-2H3. The third-order valence-corrected chi connectivity index (χ3v) is 3.02. The largest absolute Gasteiger partial charge is 0.410 e. The number of rotatable bonds is 4. The summed E-state index contributed by atoms with van der Waals surface area (Å²) in [7, 11) is 0. The van der Waals surface area contributed by atoms with Crippen molar-refractivity contribution in [3.05, 3.63) is 11.6 Å². The van der Waals surface area contributed by atoms with E-state index in [1.54, 1.807) is 0 Å². The number of aryl methyl sites for hydroxylation is 1. The molecule has 120 valence electrons. The van der Waals surface area contributed by atoms with Crippen LogP contribution in [0.25, 0.3) is 0 Å². The number of hydrogen-bond acceptors (Lipinski definition) is 3. The highest BCUT2D eigenvalue weighted by Crippen LogP contribution is 2.38. The minimum absolute atomic E-state index is 0.0394. The summed E-state index contributed by atoms with van der Waals surface area (Å²) in [4.78, 5) is 15.6. The molecular weight excluding hydrogens is 283 g/mol. The fraction of sp³-hybridized carbons (Fsp3) is 0.786. The zero-order valence-electron chi connectivity index (χ0n) is 12.7. The van der Waals surface area contributed by atoms with Crippen molar-refractivity contribution in [1.29, 1.82) is 0 Å². The summed E-state index contributed by atoms with van der Waals surface area (Å²) in [6.45, 7) is 6.19. The molecule has 2 heterocycles. The van der Waals surface area contributed by atoms with Gasteiger partial charge in [-0.1, -0.05) is 33.6 Å². The molecule has 4 nitrogen and oxygen atoms in total. The summed E-state index contributed by atoms with van der Waals surface area (Å²) >= 11 is 0. The first-order valence-corrected chi connectivity index (χ1v) is 7.40. The molecule has 0 aromatic carbocycles. The van der Waals surface area contributed by atoms with Gasteiger partial charge < -0.3 is 0 Å². The second kappa shape index (κ2) is 7.56. The first-order chi connectivity index (χ1) is 9.85. The van der Waals surface area contributed by atoms with E-state index in [-0.39, 0.29) is 36.7 Å². The van der Waals surface area contributed by atoms with Crippen molar-refractivity contribution in [2.45, 2.75) is 71.5 Å². The smallest absolute Gasteiger partial charge is 0.291 e. The Labute approximate surface area is 122 Å². The molecule has 1 aromatic heterocycles. The molecule has 0 aliphatic carbocycles. The lowest BCUT2D eigenvalue weighted by Crippen LogP contribution is -2.24. The van der Waals surface area contributed by atoms with Crippen LogP contribution < -0.4 is 0 Å².